The molecule has 0 spiro atoms. The third-order valence-corrected chi connectivity index (χ3v) is 3.38. The fourth-order valence-corrected chi connectivity index (χ4v) is 2.02. The van der Waals surface area contributed by atoms with Gasteiger partial charge in [0.15, 0.2) is 5.82 Å². The van der Waals surface area contributed by atoms with Crippen molar-refractivity contribution in [1.82, 2.24) is 15.0 Å². The maximum Gasteiger partial charge on any atom is 0.181 e. The summed E-state index contributed by atoms with van der Waals surface area (Å²) in [5.41, 5.74) is 1.40. The van der Waals surface area contributed by atoms with Crippen molar-refractivity contribution >= 4 is 34.5 Å². The summed E-state index contributed by atoms with van der Waals surface area (Å²) in [7, 11) is 0. The first-order chi connectivity index (χ1) is 7.08. The lowest BCUT2D eigenvalue weighted by atomic mass is 10.3. The Hall–Kier alpha value is -0.710. The van der Waals surface area contributed by atoms with Gasteiger partial charge in [0.25, 0.3) is 0 Å². The third kappa shape index (κ3) is 2.12. The molecule has 0 atom stereocenters. The fourth-order valence-electron chi connectivity index (χ4n) is 1.04. The van der Waals surface area contributed by atoms with Crippen molar-refractivity contribution in [2.75, 3.05) is 0 Å². The van der Waals surface area contributed by atoms with Crippen LogP contribution in [0.1, 0.15) is 10.6 Å². The van der Waals surface area contributed by atoms with Gasteiger partial charge >= 0.3 is 0 Å². The van der Waals surface area contributed by atoms with Gasteiger partial charge in [-0.2, -0.15) is 0 Å². The van der Waals surface area contributed by atoms with Gasteiger partial charge in [0.1, 0.15) is 16.0 Å². The second kappa shape index (κ2) is 4.04. The van der Waals surface area contributed by atoms with E-state index in [1.54, 1.807) is 6.92 Å². The lowest BCUT2D eigenvalue weighted by Gasteiger charge is -2.01. The van der Waals surface area contributed by atoms with Gasteiger partial charge in [0.05, 0.1) is 5.01 Å². The summed E-state index contributed by atoms with van der Waals surface area (Å²) in [6.07, 6.45) is 0. The molecule has 0 N–H and O–H groups in total. The fraction of sp³-hybridized carbons (Fsp3) is 0.222. The number of aromatic nitrogens is 3. The van der Waals surface area contributed by atoms with E-state index < -0.39 is 0 Å². The maximum absolute atomic E-state index is 5.92. The number of hydrogen-bond acceptors (Lipinski definition) is 4. The van der Waals surface area contributed by atoms with E-state index in [2.05, 4.69) is 15.0 Å². The highest BCUT2D eigenvalue weighted by Gasteiger charge is 2.11. The Balaban J connectivity index is 2.55. The number of aryl methyl sites for hydroxylation is 1. The van der Waals surface area contributed by atoms with Gasteiger partial charge in [-0.25, -0.2) is 15.0 Å². The summed E-state index contributed by atoms with van der Waals surface area (Å²) in [6.45, 7) is 3.70. The summed E-state index contributed by atoms with van der Waals surface area (Å²) in [6, 6.07) is 0. The maximum atomic E-state index is 5.92. The lowest BCUT2D eigenvalue weighted by molar-refractivity contribution is 1.11. The van der Waals surface area contributed by atoms with Crippen molar-refractivity contribution in [2.24, 2.45) is 0 Å². The molecule has 0 saturated heterocycles. The first-order valence-electron chi connectivity index (χ1n) is 4.20. The molecule has 0 unspecified atom stereocenters. The monoisotopic (exact) mass is 259 g/mol. The van der Waals surface area contributed by atoms with Crippen molar-refractivity contribution in [3.8, 4) is 11.5 Å². The SMILES string of the molecule is Cc1nc(-c2nc(Cl)c(C)c(Cl)n2)cs1. The average Bonchev–Trinajstić information content (AvgIpc) is 2.60. The summed E-state index contributed by atoms with van der Waals surface area (Å²) in [5.74, 6) is 0.472. The molecule has 0 radical (unpaired) electrons. The molecule has 0 amide bonds. The Kier molecular flexibility index (Phi) is 2.91. The topological polar surface area (TPSA) is 38.7 Å². The van der Waals surface area contributed by atoms with Crippen LogP contribution < -0.4 is 0 Å². The molecule has 3 nitrogen and oxygen atoms in total. The van der Waals surface area contributed by atoms with Crippen LogP contribution in [0.5, 0.6) is 0 Å². The van der Waals surface area contributed by atoms with Gasteiger partial charge in [-0.05, 0) is 13.8 Å². The van der Waals surface area contributed by atoms with E-state index in [9.17, 15) is 0 Å². The molecule has 2 aromatic rings. The van der Waals surface area contributed by atoms with Crippen LogP contribution in [-0.4, -0.2) is 15.0 Å². The molecule has 0 aliphatic heterocycles. The smallest absolute Gasteiger partial charge is 0.181 e. The highest BCUT2D eigenvalue weighted by atomic mass is 35.5. The molecule has 0 bridgehead atoms. The highest BCUT2D eigenvalue weighted by molar-refractivity contribution is 7.09. The summed E-state index contributed by atoms with van der Waals surface area (Å²) in [5, 5.41) is 3.58. The Morgan fingerprint density at radius 2 is 1.67 bits per heavy atom. The Labute approximate surface area is 101 Å². The normalized spacial score (nSPS) is 10.7. The van der Waals surface area contributed by atoms with E-state index in [0.717, 1.165) is 5.01 Å². The quantitative estimate of drug-likeness (QED) is 0.736. The van der Waals surface area contributed by atoms with Gasteiger partial charge < -0.3 is 0 Å². The van der Waals surface area contributed by atoms with Crippen LogP contribution in [-0.2, 0) is 0 Å². The lowest BCUT2D eigenvalue weighted by Crippen LogP contribution is -1.94. The van der Waals surface area contributed by atoms with Crippen molar-refractivity contribution in [3.05, 3.63) is 26.3 Å². The molecule has 2 rings (SSSR count). The average molecular weight is 260 g/mol. The summed E-state index contributed by atoms with van der Waals surface area (Å²) < 4.78 is 0. The molecular formula is C9H7Cl2N3S. The first-order valence-corrected chi connectivity index (χ1v) is 5.83. The Morgan fingerprint density at radius 3 is 2.13 bits per heavy atom. The number of hydrogen-bond donors (Lipinski definition) is 0. The minimum atomic E-state index is 0.371. The van der Waals surface area contributed by atoms with Gasteiger partial charge in [0.2, 0.25) is 0 Å². The van der Waals surface area contributed by atoms with Crippen molar-refractivity contribution in [3.63, 3.8) is 0 Å². The Morgan fingerprint density at radius 1 is 1.07 bits per heavy atom. The van der Waals surface area contributed by atoms with Gasteiger partial charge in [0, 0.05) is 10.9 Å². The van der Waals surface area contributed by atoms with Crippen LogP contribution >= 0.6 is 34.5 Å². The van der Waals surface area contributed by atoms with Crippen LogP contribution in [0.15, 0.2) is 5.38 Å². The molecule has 0 saturated carbocycles. The van der Waals surface area contributed by atoms with Crippen LogP contribution in [0.4, 0.5) is 0 Å². The molecule has 2 heterocycles. The van der Waals surface area contributed by atoms with Crippen LogP contribution in [0.3, 0.4) is 0 Å². The van der Waals surface area contributed by atoms with Crippen molar-refractivity contribution in [2.45, 2.75) is 13.8 Å². The zero-order valence-corrected chi connectivity index (χ0v) is 10.4. The third-order valence-electron chi connectivity index (χ3n) is 1.88. The number of nitrogens with zero attached hydrogens (tertiary/aromatic N) is 3. The zero-order chi connectivity index (χ0) is 11.0. The van der Waals surface area contributed by atoms with E-state index in [0.29, 0.717) is 27.4 Å². The Bertz CT molecular complexity index is 487. The summed E-state index contributed by atoms with van der Waals surface area (Å²) >= 11 is 13.4. The van der Waals surface area contributed by atoms with Gasteiger partial charge in [-0.3, -0.25) is 0 Å². The molecule has 15 heavy (non-hydrogen) atoms. The van der Waals surface area contributed by atoms with Gasteiger partial charge in [-0.15, -0.1) is 11.3 Å². The van der Waals surface area contributed by atoms with Crippen LogP contribution in [0, 0.1) is 13.8 Å². The predicted molar refractivity (Wildman–Crippen MR) is 62.6 cm³/mol. The van der Waals surface area contributed by atoms with Gasteiger partial charge in [-0.1, -0.05) is 23.2 Å². The highest BCUT2D eigenvalue weighted by Crippen LogP contribution is 2.25. The number of halogens is 2. The van der Waals surface area contributed by atoms with E-state index in [4.69, 9.17) is 23.2 Å². The molecule has 78 valence electrons. The minimum Gasteiger partial charge on any atom is -0.238 e. The molecule has 0 fully saturated rings. The molecule has 0 aliphatic carbocycles. The standard InChI is InChI=1S/C9H7Cl2N3S/c1-4-7(10)13-9(14-8(4)11)6-3-15-5(2)12-6/h3H,1-2H3. The molecule has 0 aliphatic rings. The summed E-state index contributed by atoms with van der Waals surface area (Å²) in [4.78, 5) is 12.5. The second-order valence-electron chi connectivity index (χ2n) is 3.01. The van der Waals surface area contributed by atoms with E-state index >= 15 is 0 Å². The molecular weight excluding hydrogens is 253 g/mol. The van der Waals surface area contributed by atoms with E-state index in [1.165, 1.54) is 11.3 Å². The van der Waals surface area contributed by atoms with Crippen LogP contribution in [0.25, 0.3) is 11.5 Å². The minimum absolute atomic E-state index is 0.371. The zero-order valence-electron chi connectivity index (χ0n) is 8.08. The van der Waals surface area contributed by atoms with Crippen molar-refractivity contribution in [1.29, 1.82) is 0 Å². The van der Waals surface area contributed by atoms with E-state index in [-0.39, 0.29) is 0 Å². The van der Waals surface area contributed by atoms with Crippen LogP contribution in [0.2, 0.25) is 10.3 Å². The number of thiazole rings is 1. The number of rotatable bonds is 1. The molecule has 6 heteroatoms. The molecule has 0 aromatic carbocycles. The predicted octanol–water partition coefficient (Wildman–Crippen LogP) is 3.52. The van der Waals surface area contributed by atoms with E-state index in [1.807, 2.05) is 12.3 Å². The second-order valence-corrected chi connectivity index (χ2v) is 4.78. The largest absolute Gasteiger partial charge is 0.238 e. The van der Waals surface area contributed by atoms with Crippen molar-refractivity contribution < 1.29 is 0 Å². The molecule has 2 aromatic heterocycles. The first kappa shape index (κ1) is 10.8.